The summed E-state index contributed by atoms with van der Waals surface area (Å²) in [5.41, 5.74) is 6.92. The Bertz CT molecular complexity index is 425. The number of aromatic nitrogens is 2. The SMILES string of the molecule is Cc1c(N)nc(C2CC2)nc1NC1CC1C. The lowest BCUT2D eigenvalue weighted by Crippen LogP contribution is -2.11. The largest absolute Gasteiger partial charge is 0.383 e. The van der Waals surface area contributed by atoms with E-state index in [1.54, 1.807) is 0 Å². The lowest BCUT2D eigenvalue weighted by molar-refractivity contribution is 0.892. The van der Waals surface area contributed by atoms with E-state index in [0.717, 1.165) is 23.1 Å². The van der Waals surface area contributed by atoms with Crippen molar-refractivity contribution in [1.29, 1.82) is 0 Å². The van der Waals surface area contributed by atoms with Crippen LogP contribution in [0.3, 0.4) is 0 Å². The fraction of sp³-hybridized carbons (Fsp3) is 0.667. The van der Waals surface area contributed by atoms with Crippen LogP contribution in [0.15, 0.2) is 0 Å². The molecule has 16 heavy (non-hydrogen) atoms. The predicted molar refractivity (Wildman–Crippen MR) is 64.3 cm³/mol. The molecule has 4 heteroatoms. The van der Waals surface area contributed by atoms with Crippen molar-refractivity contribution in [3.05, 3.63) is 11.4 Å². The van der Waals surface area contributed by atoms with E-state index < -0.39 is 0 Å². The summed E-state index contributed by atoms with van der Waals surface area (Å²) in [4.78, 5) is 8.98. The Kier molecular flexibility index (Phi) is 2.06. The molecule has 2 aliphatic rings. The van der Waals surface area contributed by atoms with Gasteiger partial charge >= 0.3 is 0 Å². The van der Waals surface area contributed by atoms with Gasteiger partial charge < -0.3 is 11.1 Å². The molecule has 0 amide bonds. The molecule has 1 heterocycles. The number of rotatable bonds is 3. The van der Waals surface area contributed by atoms with Crippen LogP contribution in [0.4, 0.5) is 11.6 Å². The van der Waals surface area contributed by atoms with Gasteiger partial charge in [-0.3, -0.25) is 0 Å². The number of nitrogens with one attached hydrogen (secondary N) is 1. The molecule has 0 saturated heterocycles. The molecule has 0 radical (unpaired) electrons. The highest BCUT2D eigenvalue weighted by molar-refractivity contribution is 5.56. The highest BCUT2D eigenvalue weighted by Crippen LogP contribution is 2.40. The molecule has 1 aromatic rings. The molecule has 2 aliphatic carbocycles. The van der Waals surface area contributed by atoms with Gasteiger partial charge in [0.25, 0.3) is 0 Å². The Hall–Kier alpha value is -1.32. The second-order valence-electron chi connectivity index (χ2n) is 5.18. The lowest BCUT2D eigenvalue weighted by Gasteiger charge is -2.11. The number of nitrogens with two attached hydrogens (primary N) is 1. The van der Waals surface area contributed by atoms with E-state index in [1.165, 1.54) is 19.3 Å². The van der Waals surface area contributed by atoms with Crippen LogP contribution in [0.2, 0.25) is 0 Å². The summed E-state index contributed by atoms with van der Waals surface area (Å²) in [6.07, 6.45) is 3.66. The molecular weight excluding hydrogens is 200 g/mol. The first-order valence-electron chi connectivity index (χ1n) is 6.05. The van der Waals surface area contributed by atoms with Crippen molar-refractivity contribution in [3.63, 3.8) is 0 Å². The molecule has 3 N–H and O–H groups in total. The lowest BCUT2D eigenvalue weighted by atomic mass is 10.3. The topological polar surface area (TPSA) is 63.8 Å². The van der Waals surface area contributed by atoms with Crippen LogP contribution >= 0.6 is 0 Å². The summed E-state index contributed by atoms with van der Waals surface area (Å²) < 4.78 is 0. The number of hydrogen-bond donors (Lipinski definition) is 2. The highest BCUT2D eigenvalue weighted by Gasteiger charge is 2.34. The molecule has 0 aromatic carbocycles. The summed E-state index contributed by atoms with van der Waals surface area (Å²) in [6.45, 7) is 4.24. The van der Waals surface area contributed by atoms with E-state index in [-0.39, 0.29) is 0 Å². The summed E-state index contributed by atoms with van der Waals surface area (Å²) in [6, 6.07) is 0.583. The van der Waals surface area contributed by atoms with E-state index in [2.05, 4.69) is 22.2 Å². The Morgan fingerprint density at radius 1 is 1.31 bits per heavy atom. The smallest absolute Gasteiger partial charge is 0.136 e. The summed E-state index contributed by atoms with van der Waals surface area (Å²) in [5.74, 6) is 3.83. The molecule has 2 saturated carbocycles. The van der Waals surface area contributed by atoms with Crippen LogP contribution in [0.1, 0.15) is 43.5 Å². The van der Waals surface area contributed by atoms with Crippen LogP contribution in [0.5, 0.6) is 0 Å². The fourth-order valence-electron chi connectivity index (χ4n) is 1.92. The average Bonchev–Trinajstić information content (AvgIpc) is 3.11. The molecule has 3 rings (SSSR count). The molecule has 2 unspecified atom stereocenters. The van der Waals surface area contributed by atoms with Crippen molar-refractivity contribution < 1.29 is 0 Å². The highest BCUT2D eigenvalue weighted by atomic mass is 15.1. The van der Waals surface area contributed by atoms with Gasteiger partial charge in [-0.05, 0) is 32.1 Å². The minimum absolute atomic E-state index is 0.556. The van der Waals surface area contributed by atoms with Gasteiger partial charge in [-0.25, -0.2) is 9.97 Å². The van der Waals surface area contributed by atoms with Gasteiger partial charge in [0.05, 0.1) is 0 Å². The maximum Gasteiger partial charge on any atom is 0.136 e. The molecule has 4 nitrogen and oxygen atoms in total. The number of anilines is 2. The molecule has 1 aromatic heterocycles. The van der Waals surface area contributed by atoms with E-state index in [0.29, 0.717) is 17.8 Å². The number of nitrogens with zero attached hydrogens (tertiary/aromatic N) is 2. The molecule has 2 atom stereocenters. The monoisotopic (exact) mass is 218 g/mol. The van der Waals surface area contributed by atoms with E-state index in [4.69, 9.17) is 5.73 Å². The number of hydrogen-bond acceptors (Lipinski definition) is 4. The summed E-state index contributed by atoms with van der Waals surface area (Å²) >= 11 is 0. The first-order chi connectivity index (χ1) is 7.65. The third-order valence-corrected chi connectivity index (χ3v) is 3.57. The first kappa shape index (κ1) is 9.87. The van der Waals surface area contributed by atoms with Gasteiger partial charge in [0.15, 0.2) is 0 Å². The first-order valence-corrected chi connectivity index (χ1v) is 6.05. The van der Waals surface area contributed by atoms with Crippen LogP contribution in [0, 0.1) is 12.8 Å². The Morgan fingerprint density at radius 2 is 2.00 bits per heavy atom. The zero-order chi connectivity index (χ0) is 11.3. The third kappa shape index (κ3) is 1.72. The zero-order valence-corrected chi connectivity index (χ0v) is 9.83. The van der Waals surface area contributed by atoms with Crippen LogP contribution in [-0.2, 0) is 0 Å². The van der Waals surface area contributed by atoms with Crippen LogP contribution in [-0.4, -0.2) is 16.0 Å². The van der Waals surface area contributed by atoms with Crippen LogP contribution in [0.25, 0.3) is 0 Å². The van der Waals surface area contributed by atoms with Gasteiger partial charge in [0.2, 0.25) is 0 Å². The average molecular weight is 218 g/mol. The zero-order valence-electron chi connectivity index (χ0n) is 9.83. The van der Waals surface area contributed by atoms with Crippen molar-refractivity contribution in [1.82, 2.24) is 9.97 Å². The third-order valence-electron chi connectivity index (χ3n) is 3.57. The summed E-state index contributed by atoms with van der Waals surface area (Å²) in [7, 11) is 0. The predicted octanol–water partition coefficient (Wildman–Crippen LogP) is 2.06. The molecule has 2 fully saturated rings. The van der Waals surface area contributed by atoms with Gasteiger partial charge in [-0.2, -0.15) is 0 Å². The maximum atomic E-state index is 5.93. The minimum atomic E-state index is 0.556. The van der Waals surface area contributed by atoms with Gasteiger partial charge in [-0.1, -0.05) is 6.92 Å². The fourth-order valence-corrected chi connectivity index (χ4v) is 1.92. The maximum absolute atomic E-state index is 5.93. The van der Waals surface area contributed by atoms with E-state index in [1.807, 2.05) is 6.92 Å². The Labute approximate surface area is 95.7 Å². The number of nitrogen functional groups attached to an aromatic ring is 1. The van der Waals surface area contributed by atoms with Crippen molar-refractivity contribution in [2.75, 3.05) is 11.1 Å². The van der Waals surface area contributed by atoms with Crippen LogP contribution < -0.4 is 11.1 Å². The Morgan fingerprint density at radius 3 is 2.56 bits per heavy atom. The van der Waals surface area contributed by atoms with Gasteiger partial charge in [0, 0.05) is 17.5 Å². The molecular formula is C12H18N4. The van der Waals surface area contributed by atoms with Crippen molar-refractivity contribution in [2.45, 2.75) is 45.1 Å². The van der Waals surface area contributed by atoms with Crippen molar-refractivity contribution in [2.24, 2.45) is 5.92 Å². The molecule has 0 bridgehead atoms. The molecule has 86 valence electrons. The van der Waals surface area contributed by atoms with Crippen molar-refractivity contribution in [3.8, 4) is 0 Å². The van der Waals surface area contributed by atoms with Gasteiger partial charge in [-0.15, -0.1) is 0 Å². The minimum Gasteiger partial charge on any atom is -0.383 e. The van der Waals surface area contributed by atoms with E-state index >= 15 is 0 Å². The van der Waals surface area contributed by atoms with Crippen molar-refractivity contribution >= 4 is 11.6 Å². The summed E-state index contributed by atoms with van der Waals surface area (Å²) in [5, 5.41) is 3.47. The standard InChI is InChI=1S/C12H18N4/c1-6-5-9(6)14-11-7(2)10(13)15-12(16-11)8-3-4-8/h6,8-9H,3-5H2,1-2H3,(H3,13,14,15,16). The molecule has 0 aliphatic heterocycles. The quantitative estimate of drug-likeness (QED) is 0.815. The second kappa shape index (κ2) is 3.34. The second-order valence-corrected chi connectivity index (χ2v) is 5.18. The molecule has 0 spiro atoms. The normalized spacial score (nSPS) is 27.9. The van der Waals surface area contributed by atoms with Gasteiger partial charge in [0.1, 0.15) is 17.5 Å². The Balaban J connectivity index is 1.88. The van der Waals surface area contributed by atoms with E-state index in [9.17, 15) is 0 Å².